The van der Waals surface area contributed by atoms with Crippen molar-refractivity contribution in [1.82, 2.24) is 34.8 Å². The van der Waals surface area contributed by atoms with Crippen molar-refractivity contribution in [3.8, 4) is 5.69 Å². The van der Waals surface area contributed by atoms with E-state index in [1.807, 2.05) is 37.1 Å². The van der Waals surface area contributed by atoms with Crippen molar-refractivity contribution in [1.29, 1.82) is 0 Å². The first-order valence-corrected chi connectivity index (χ1v) is 9.11. The molecule has 1 aliphatic heterocycles. The molecule has 4 rings (SSSR count). The molecule has 1 unspecified atom stereocenters. The number of aryl methyl sites for hydroxylation is 1. The maximum atomic E-state index is 4.46. The molecule has 140 valence electrons. The van der Waals surface area contributed by atoms with Gasteiger partial charge in [0.2, 0.25) is 0 Å². The zero-order valence-corrected chi connectivity index (χ0v) is 15.7. The minimum absolute atomic E-state index is 0.513. The summed E-state index contributed by atoms with van der Waals surface area (Å²) in [5.74, 6) is 1.46. The Labute approximate surface area is 158 Å². The molecule has 0 saturated carbocycles. The van der Waals surface area contributed by atoms with E-state index in [0.717, 1.165) is 37.7 Å². The van der Waals surface area contributed by atoms with Crippen molar-refractivity contribution in [3.63, 3.8) is 0 Å². The van der Waals surface area contributed by atoms with Crippen LogP contribution < -0.4 is 5.32 Å². The van der Waals surface area contributed by atoms with Gasteiger partial charge in [0.15, 0.2) is 5.96 Å². The molecule has 8 nitrogen and oxygen atoms in total. The Morgan fingerprint density at radius 2 is 2.11 bits per heavy atom. The Hall–Kier alpha value is -3.16. The highest BCUT2D eigenvalue weighted by atomic mass is 15.3. The van der Waals surface area contributed by atoms with Gasteiger partial charge in [-0.25, -0.2) is 9.67 Å². The van der Waals surface area contributed by atoms with Crippen molar-refractivity contribution >= 4 is 5.96 Å². The molecule has 0 bridgehead atoms. The maximum absolute atomic E-state index is 4.46. The van der Waals surface area contributed by atoms with Crippen LogP contribution in [0.15, 0.2) is 54.3 Å². The van der Waals surface area contributed by atoms with Crippen LogP contribution in [0, 0.1) is 0 Å². The molecule has 0 amide bonds. The summed E-state index contributed by atoms with van der Waals surface area (Å²) in [4.78, 5) is 10.8. The minimum atomic E-state index is 0.513. The molecule has 0 radical (unpaired) electrons. The summed E-state index contributed by atoms with van der Waals surface area (Å²) < 4.78 is 3.62. The monoisotopic (exact) mass is 364 g/mol. The number of aliphatic imine (C=N–C) groups is 1. The van der Waals surface area contributed by atoms with E-state index in [9.17, 15) is 0 Å². The van der Waals surface area contributed by atoms with E-state index in [2.05, 4.69) is 48.7 Å². The standard InChI is InChI=1S/C19H24N8/c1-20-19(26-8-7-16(12-26)17-10-23-25(2)11-17)22-9-15-3-5-18(6-4-15)27-14-21-13-24-27/h3-6,10-11,13-14,16H,7-9,12H2,1-2H3,(H,20,22). The number of nitrogens with zero attached hydrogens (tertiary/aromatic N) is 7. The summed E-state index contributed by atoms with van der Waals surface area (Å²) in [5.41, 5.74) is 3.50. The van der Waals surface area contributed by atoms with Crippen molar-refractivity contribution in [2.75, 3.05) is 20.1 Å². The first kappa shape index (κ1) is 17.3. The summed E-state index contributed by atoms with van der Waals surface area (Å²) in [7, 11) is 3.80. The normalized spacial score (nSPS) is 17.5. The van der Waals surface area contributed by atoms with E-state index in [4.69, 9.17) is 0 Å². The van der Waals surface area contributed by atoms with Crippen molar-refractivity contribution in [2.45, 2.75) is 18.9 Å². The van der Waals surface area contributed by atoms with E-state index in [1.54, 1.807) is 11.0 Å². The van der Waals surface area contributed by atoms with E-state index in [1.165, 1.54) is 17.5 Å². The molecular formula is C19H24N8. The summed E-state index contributed by atoms with van der Waals surface area (Å²) >= 11 is 0. The predicted octanol–water partition coefficient (Wildman–Crippen LogP) is 1.57. The van der Waals surface area contributed by atoms with Crippen LogP contribution in [0.1, 0.15) is 23.5 Å². The minimum Gasteiger partial charge on any atom is -0.352 e. The number of benzene rings is 1. The Morgan fingerprint density at radius 3 is 2.78 bits per heavy atom. The summed E-state index contributed by atoms with van der Waals surface area (Å²) in [5, 5.41) is 11.9. The van der Waals surface area contributed by atoms with Gasteiger partial charge in [0.25, 0.3) is 0 Å². The average molecular weight is 364 g/mol. The van der Waals surface area contributed by atoms with Crippen LogP contribution in [-0.2, 0) is 13.6 Å². The number of guanidine groups is 1. The van der Waals surface area contributed by atoms with E-state index >= 15 is 0 Å². The Kier molecular flexibility index (Phi) is 4.86. The van der Waals surface area contributed by atoms with Gasteiger partial charge in [-0.05, 0) is 29.7 Å². The molecule has 0 aliphatic carbocycles. The first-order chi connectivity index (χ1) is 13.2. The lowest BCUT2D eigenvalue weighted by molar-refractivity contribution is 0.486. The Morgan fingerprint density at radius 1 is 1.26 bits per heavy atom. The van der Waals surface area contributed by atoms with Crippen molar-refractivity contribution < 1.29 is 0 Å². The number of likely N-dealkylation sites (tertiary alicyclic amines) is 1. The molecular weight excluding hydrogens is 340 g/mol. The molecule has 1 fully saturated rings. The number of aromatic nitrogens is 5. The van der Waals surface area contributed by atoms with Crippen LogP contribution >= 0.6 is 0 Å². The van der Waals surface area contributed by atoms with E-state index < -0.39 is 0 Å². The smallest absolute Gasteiger partial charge is 0.193 e. The van der Waals surface area contributed by atoms with E-state index in [0.29, 0.717) is 5.92 Å². The van der Waals surface area contributed by atoms with Crippen LogP contribution in [0.3, 0.4) is 0 Å². The molecule has 1 saturated heterocycles. The van der Waals surface area contributed by atoms with Gasteiger partial charge in [-0.1, -0.05) is 12.1 Å². The molecule has 1 aliphatic rings. The van der Waals surface area contributed by atoms with Crippen molar-refractivity contribution in [2.24, 2.45) is 12.0 Å². The van der Waals surface area contributed by atoms with Gasteiger partial charge in [0, 0.05) is 45.8 Å². The summed E-state index contributed by atoms with van der Waals surface area (Å²) in [6, 6.07) is 8.28. The SMILES string of the molecule is CN=C(NCc1ccc(-n2cncn2)cc1)N1CCC(c2cnn(C)c2)C1. The van der Waals surface area contributed by atoms with Crippen molar-refractivity contribution in [3.05, 3.63) is 60.4 Å². The largest absolute Gasteiger partial charge is 0.352 e. The zero-order chi connectivity index (χ0) is 18.6. The average Bonchev–Trinajstić information content (AvgIpc) is 3.44. The number of hydrogen-bond donors (Lipinski definition) is 1. The van der Waals surface area contributed by atoms with Gasteiger partial charge in [0.05, 0.1) is 11.9 Å². The van der Waals surface area contributed by atoms with Crippen LogP contribution in [0.2, 0.25) is 0 Å². The highest BCUT2D eigenvalue weighted by molar-refractivity contribution is 5.80. The first-order valence-electron chi connectivity index (χ1n) is 9.11. The quantitative estimate of drug-likeness (QED) is 0.562. The molecule has 8 heteroatoms. The molecule has 0 spiro atoms. The zero-order valence-electron chi connectivity index (χ0n) is 15.7. The van der Waals surface area contributed by atoms with Gasteiger partial charge >= 0.3 is 0 Å². The lowest BCUT2D eigenvalue weighted by Crippen LogP contribution is -2.39. The van der Waals surface area contributed by atoms with Gasteiger partial charge in [-0.2, -0.15) is 10.2 Å². The Balaban J connectivity index is 1.34. The number of hydrogen-bond acceptors (Lipinski definition) is 4. The molecule has 1 N–H and O–H groups in total. The van der Waals surface area contributed by atoms with Gasteiger partial charge in [0.1, 0.15) is 12.7 Å². The third-order valence-corrected chi connectivity index (χ3v) is 4.97. The topological polar surface area (TPSA) is 76.2 Å². The molecule has 27 heavy (non-hydrogen) atoms. The third-order valence-electron chi connectivity index (χ3n) is 4.97. The van der Waals surface area contributed by atoms with Crippen LogP contribution in [-0.4, -0.2) is 55.5 Å². The summed E-state index contributed by atoms with van der Waals surface area (Å²) in [6.07, 6.45) is 8.44. The van der Waals surface area contributed by atoms with Crippen LogP contribution in [0.25, 0.3) is 5.69 Å². The second kappa shape index (κ2) is 7.61. The maximum Gasteiger partial charge on any atom is 0.193 e. The van der Waals surface area contributed by atoms with Gasteiger partial charge < -0.3 is 10.2 Å². The van der Waals surface area contributed by atoms with E-state index in [-0.39, 0.29) is 0 Å². The molecule has 1 atom stereocenters. The molecule has 3 heterocycles. The highest BCUT2D eigenvalue weighted by Crippen LogP contribution is 2.26. The third kappa shape index (κ3) is 3.84. The van der Waals surface area contributed by atoms with Gasteiger partial charge in [-0.15, -0.1) is 0 Å². The number of nitrogens with one attached hydrogen (secondary N) is 1. The summed E-state index contributed by atoms with van der Waals surface area (Å²) in [6.45, 7) is 2.71. The lowest BCUT2D eigenvalue weighted by Gasteiger charge is -2.21. The second-order valence-electron chi connectivity index (χ2n) is 6.79. The fourth-order valence-corrected chi connectivity index (χ4v) is 3.50. The Bertz CT molecular complexity index is 894. The predicted molar refractivity (Wildman–Crippen MR) is 104 cm³/mol. The lowest BCUT2D eigenvalue weighted by atomic mass is 10.0. The molecule has 1 aromatic carbocycles. The molecule has 3 aromatic rings. The molecule has 2 aromatic heterocycles. The second-order valence-corrected chi connectivity index (χ2v) is 6.79. The fourth-order valence-electron chi connectivity index (χ4n) is 3.50. The van der Waals surface area contributed by atoms with Gasteiger partial charge in [-0.3, -0.25) is 9.67 Å². The fraction of sp³-hybridized carbons (Fsp3) is 0.368. The van der Waals surface area contributed by atoms with Crippen LogP contribution in [0.4, 0.5) is 0 Å². The van der Waals surface area contributed by atoms with Crippen LogP contribution in [0.5, 0.6) is 0 Å². The number of rotatable bonds is 4. The highest BCUT2D eigenvalue weighted by Gasteiger charge is 2.26.